The predicted molar refractivity (Wildman–Crippen MR) is 127 cm³/mol. The summed E-state index contributed by atoms with van der Waals surface area (Å²) in [5.41, 5.74) is 4.42. The second-order valence-electron chi connectivity index (χ2n) is 7.88. The first-order chi connectivity index (χ1) is 15.7. The zero-order valence-electron chi connectivity index (χ0n) is 18.1. The van der Waals surface area contributed by atoms with Crippen molar-refractivity contribution in [1.29, 1.82) is 0 Å². The lowest BCUT2D eigenvalue weighted by atomic mass is 9.94. The van der Waals surface area contributed by atoms with Gasteiger partial charge in [0.2, 0.25) is 15.8 Å². The Morgan fingerprint density at radius 1 is 1.12 bits per heavy atom. The van der Waals surface area contributed by atoms with E-state index in [9.17, 15) is 13.2 Å². The molecule has 0 radical (unpaired) electrons. The number of aryl methyl sites for hydroxylation is 1. The van der Waals surface area contributed by atoms with Crippen LogP contribution in [-0.4, -0.2) is 33.8 Å². The number of hydrogen-bond acceptors (Lipinski definition) is 5. The van der Waals surface area contributed by atoms with Crippen LogP contribution in [0, 0.1) is 19.3 Å². The Hall–Kier alpha value is -3.80. The highest BCUT2D eigenvalue weighted by Gasteiger charge is 2.27. The topological polar surface area (TPSA) is 107 Å². The molecule has 2 atom stereocenters. The zero-order valence-corrected chi connectivity index (χ0v) is 19.0. The molecule has 2 aromatic carbocycles. The molecule has 4 rings (SSSR count). The van der Waals surface area contributed by atoms with Gasteiger partial charge in [-0.1, -0.05) is 53.9 Å². The first kappa shape index (κ1) is 22.4. The number of fused-ring (bicyclic) bond motifs is 1. The zero-order chi connectivity index (χ0) is 23.8. The molecule has 0 spiro atoms. The summed E-state index contributed by atoms with van der Waals surface area (Å²) in [7, 11) is -3.81. The van der Waals surface area contributed by atoms with Gasteiger partial charge < -0.3 is 0 Å². The molecule has 2 aromatic heterocycles. The molecule has 0 aliphatic heterocycles. The van der Waals surface area contributed by atoms with E-state index in [0.717, 1.165) is 16.8 Å². The van der Waals surface area contributed by atoms with Crippen molar-refractivity contribution in [2.45, 2.75) is 25.0 Å². The number of aromatic nitrogens is 3. The standard InChI is InChI=1S/C25H22N4O3S/c1-4-21(17(3)33(26,31)32)19-6-5-7-20(14-19)22-12-13-27-25-23(28-15-29(22)25)24(30)18-10-8-16(2)9-11-18/h1,5-15,17,21H,2-3H3,(H2,26,31,32). The average molecular weight is 459 g/mol. The minimum absolute atomic E-state index is 0.217. The van der Waals surface area contributed by atoms with E-state index in [0.29, 0.717) is 16.8 Å². The van der Waals surface area contributed by atoms with Gasteiger partial charge in [0.05, 0.1) is 16.9 Å². The number of nitrogens with two attached hydrogens (primary N) is 1. The maximum Gasteiger partial charge on any atom is 0.215 e. The van der Waals surface area contributed by atoms with Crippen LogP contribution in [0.4, 0.5) is 0 Å². The summed E-state index contributed by atoms with van der Waals surface area (Å²) >= 11 is 0. The number of ketones is 1. The van der Waals surface area contributed by atoms with Crippen molar-refractivity contribution in [2.24, 2.45) is 5.14 Å². The van der Waals surface area contributed by atoms with Gasteiger partial charge in [-0.25, -0.2) is 23.5 Å². The van der Waals surface area contributed by atoms with Crippen LogP contribution in [0.1, 0.15) is 40.0 Å². The number of carbonyl (C=O) groups excluding carboxylic acids is 1. The van der Waals surface area contributed by atoms with Crippen LogP contribution in [0.5, 0.6) is 0 Å². The molecule has 33 heavy (non-hydrogen) atoms. The van der Waals surface area contributed by atoms with Crippen molar-refractivity contribution in [3.63, 3.8) is 0 Å². The number of hydrogen-bond donors (Lipinski definition) is 1. The Morgan fingerprint density at radius 3 is 2.52 bits per heavy atom. The quantitative estimate of drug-likeness (QED) is 0.352. The molecule has 0 saturated carbocycles. The lowest BCUT2D eigenvalue weighted by molar-refractivity contribution is 0.103. The van der Waals surface area contributed by atoms with E-state index in [1.54, 1.807) is 47.3 Å². The van der Waals surface area contributed by atoms with E-state index in [1.165, 1.54) is 6.92 Å². The third-order valence-electron chi connectivity index (χ3n) is 5.67. The van der Waals surface area contributed by atoms with Crippen LogP contribution in [0.15, 0.2) is 67.1 Å². The van der Waals surface area contributed by atoms with E-state index in [4.69, 9.17) is 11.6 Å². The van der Waals surface area contributed by atoms with Crippen LogP contribution in [-0.2, 0) is 10.0 Å². The molecule has 2 unspecified atom stereocenters. The average Bonchev–Trinajstić information content (AvgIpc) is 3.23. The first-order valence-electron chi connectivity index (χ1n) is 10.2. The van der Waals surface area contributed by atoms with E-state index in [-0.39, 0.29) is 11.5 Å². The molecular formula is C25H22N4O3S. The fraction of sp³-hybridized carbons (Fsp3) is 0.160. The highest BCUT2D eigenvalue weighted by Crippen LogP contribution is 2.28. The maximum atomic E-state index is 13.0. The second-order valence-corrected chi connectivity index (χ2v) is 9.80. The summed E-state index contributed by atoms with van der Waals surface area (Å²) in [5.74, 6) is 1.62. The van der Waals surface area contributed by atoms with E-state index >= 15 is 0 Å². The molecule has 0 bridgehead atoms. The molecular weight excluding hydrogens is 436 g/mol. The molecule has 166 valence electrons. The number of sulfonamides is 1. The minimum Gasteiger partial charge on any atom is -0.287 e. The van der Waals surface area contributed by atoms with E-state index < -0.39 is 21.2 Å². The summed E-state index contributed by atoms with van der Waals surface area (Å²) in [6.45, 7) is 3.45. The van der Waals surface area contributed by atoms with Gasteiger partial charge in [0.15, 0.2) is 11.3 Å². The van der Waals surface area contributed by atoms with Crippen molar-refractivity contribution < 1.29 is 13.2 Å². The Kier molecular flexibility index (Phi) is 5.85. The summed E-state index contributed by atoms with van der Waals surface area (Å²) in [6.07, 6.45) is 8.81. The van der Waals surface area contributed by atoms with Crippen LogP contribution < -0.4 is 5.14 Å². The number of benzene rings is 2. The first-order valence-corrected chi connectivity index (χ1v) is 11.8. The molecule has 2 N–H and O–H groups in total. The monoisotopic (exact) mass is 458 g/mol. The van der Waals surface area contributed by atoms with Crippen molar-refractivity contribution in [1.82, 2.24) is 14.4 Å². The van der Waals surface area contributed by atoms with Crippen LogP contribution in [0.25, 0.3) is 16.9 Å². The highest BCUT2D eigenvalue weighted by atomic mass is 32.2. The summed E-state index contributed by atoms with van der Waals surface area (Å²) in [6, 6.07) is 16.3. The van der Waals surface area contributed by atoms with Crippen molar-refractivity contribution in [3.05, 3.63) is 89.5 Å². The van der Waals surface area contributed by atoms with Gasteiger partial charge in [-0.05, 0) is 37.1 Å². The Balaban J connectivity index is 1.78. The number of carbonyl (C=O) groups is 1. The summed E-state index contributed by atoms with van der Waals surface area (Å²) in [4.78, 5) is 21.7. The molecule has 0 amide bonds. The molecule has 0 aliphatic carbocycles. The van der Waals surface area contributed by atoms with Crippen LogP contribution in [0.3, 0.4) is 0 Å². The Morgan fingerprint density at radius 2 is 1.85 bits per heavy atom. The Labute approximate surface area is 192 Å². The third kappa shape index (κ3) is 4.29. The third-order valence-corrected chi connectivity index (χ3v) is 6.98. The lowest BCUT2D eigenvalue weighted by Crippen LogP contribution is -2.30. The minimum atomic E-state index is -3.81. The van der Waals surface area contributed by atoms with Crippen LogP contribution in [0.2, 0.25) is 0 Å². The maximum absolute atomic E-state index is 13.0. The van der Waals surface area contributed by atoms with E-state index in [2.05, 4.69) is 15.9 Å². The second kappa shape index (κ2) is 8.62. The van der Waals surface area contributed by atoms with Crippen LogP contribution >= 0.6 is 0 Å². The number of rotatable bonds is 6. The number of nitrogens with zero attached hydrogens (tertiary/aromatic N) is 3. The molecule has 7 nitrogen and oxygen atoms in total. The molecule has 0 saturated heterocycles. The molecule has 0 aliphatic rings. The predicted octanol–water partition coefficient (Wildman–Crippen LogP) is 3.33. The van der Waals surface area contributed by atoms with Gasteiger partial charge in [0, 0.05) is 11.8 Å². The fourth-order valence-corrected chi connectivity index (χ4v) is 4.34. The van der Waals surface area contributed by atoms with Gasteiger partial charge in [-0.2, -0.15) is 0 Å². The number of terminal acetylenes is 1. The van der Waals surface area contributed by atoms with Gasteiger partial charge in [-0.15, -0.1) is 6.42 Å². The van der Waals surface area contributed by atoms with Gasteiger partial charge in [0.1, 0.15) is 6.33 Å². The van der Waals surface area contributed by atoms with Gasteiger partial charge in [0.25, 0.3) is 0 Å². The molecule has 0 fully saturated rings. The molecule has 4 aromatic rings. The van der Waals surface area contributed by atoms with Crippen molar-refractivity contribution in [3.8, 4) is 23.6 Å². The smallest absolute Gasteiger partial charge is 0.215 e. The normalized spacial score (nSPS) is 13.4. The largest absolute Gasteiger partial charge is 0.287 e. The van der Waals surface area contributed by atoms with Crippen molar-refractivity contribution in [2.75, 3.05) is 0 Å². The number of primary sulfonamides is 1. The molecule has 2 heterocycles. The molecule has 8 heteroatoms. The summed E-state index contributed by atoms with van der Waals surface area (Å²) in [5, 5.41) is 4.39. The summed E-state index contributed by atoms with van der Waals surface area (Å²) < 4.78 is 25.5. The lowest BCUT2D eigenvalue weighted by Gasteiger charge is -2.18. The Bertz CT molecular complexity index is 1500. The van der Waals surface area contributed by atoms with Crippen molar-refractivity contribution >= 4 is 21.5 Å². The SMILES string of the molecule is C#CC(c1cccc(-c2ccnc3c(C(=O)c4ccc(C)cc4)ncn23)c1)C(C)S(N)(=O)=O. The van der Waals surface area contributed by atoms with Gasteiger partial charge >= 0.3 is 0 Å². The fourth-order valence-electron chi connectivity index (χ4n) is 3.72. The van der Waals surface area contributed by atoms with Gasteiger partial charge in [-0.3, -0.25) is 9.20 Å². The number of imidazole rings is 1. The van der Waals surface area contributed by atoms with E-state index in [1.807, 2.05) is 31.2 Å². The highest BCUT2D eigenvalue weighted by molar-refractivity contribution is 7.89.